The Morgan fingerprint density at radius 1 is 1.11 bits per heavy atom. The molecule has 27 heavy (non-hydrogen) atoms. The Labute approximate surface area is 155 Å². The van der Waals surface area contributed by atoms with Crippen LogP contribution in [0.2, 0.25) is 0 Å². The van der Waals surface area contributed by atoms with Crippen LogP contribution >= 0.6 is 0 Å². The molecule has 1 aromatic heterocycles. The van der Waals surface area contributed by atoms with Crippen LogP contribution in [0.15, 0.2) is 59.0 Å². The number of furan rings is 1. The van der Waals surface area contributed by atoms with Crippen LogP contribution in [0.4, 0.5) is 5.69 Å². The van der Waals surface area contributed by atoms with Gasteiger partial charge in [-0.05, 0) is 43.3 Å². The second-order valence-electron chi connectivity index (χ2n) is 6.29. The average Bonchev–Trinajstić information content (AvgIpc) is 3.12. The number of amides is 2. The molecule has 3 aromatic rings. The highest BCUT2D eigenvalue weighted by molar-refractivity contribution is 6.39. The highest BCUT2D eigenvalue weighted by Crippen LogP contribution is 2.27. The lowest BCUT2D eigenvalue weighted by atomic mass is 10.0. The van der Waals surface area contributed by atoms with Crippen molar-refractivity contribution in [1.82, 2.24) is 5.32 Å². The van der Waals surface area contributed by atoms with Crippen molar-refractivity contribution in [2.75, 3.05) is 19.0 Å². The van der Waals surface area contributed by atoms with Gasteiger partial charge in [0.05, 0.1) is 13.7 Å². The Kier molecular flexibility index (Phi) is 5.14. The fraction of sp³-hybridized carbons (Fsp3) is 0.200. The lowest BCUT2D eigenvalue weighted by molar-refractivity contribution is -0.136. The van der Waals surface area contributed by atoms with Gasteiger partial charge in [0.2, 0.25) is 0 Å². The van der Waals surface area contributed by atoms with Crippen molar-refractivity contribution in [3.05, 3.63) is 60.4 Å². The van der Waals surface area contributed by atoms with Crippen LogP contribution in [0, 0.1) is 0 Å². The minimum absolute atomic E-state index is 0.179. The molecule has 1 heterocycles. The first kappa shape index (κ1) is 18.5. The summed E-state index contributed by atoms with van der Waals surface area (Å²) in [7, 11) is 1.54. The molecular weight excluding hydrogens is 348 g/mol. The molecule has 2 aromatic carbocycles. The summed E-state index contributed by atoms with van der Waals surface area (Å²) < 4.78 is 10.7. The maximum atomic E-state index is 12.0. The quantitative estimate of drug-likeness (QED) is 0.601. The second kappa shape index (κ2) is 7.51. The molecule has 2 amide bonds. The monoisotopic (exact) mass is 368 g/mol. The highest BCUT2D eigenvalue weighted by atomic mass is 16.5. The predicted octanol–water partition coefficient (Wildman–Crippen LogP) is 2.40. The molecule has 3 N–H and O–H groups in total. The first-order valence-corrected chi connectivity index (χ1v) is 8.34. The molecule has 7 heteroatoms. The van der Waals surface area contributed by atoms with Gasteiger partial charge in [-0.3, -0.25) is 9.59 Å². The molecule has 0 fully saturated rings. The number of fused-ring (bicyclic) bond motifs is 1. The summed E-state index contributed by atoms with van der Waals surface area (Å²) in [5, 5.41) is 16.4. The number of ether oxygens (including phenoxy) is 1. The fourth-order valence-corrected chi connectivity index (χ4v) is 2.53. The van der Waals surface area contributed by atoms with Crippen LogP contribution in [0.25, 0.3) is 11.0 Å². The number of hydrogen-bond acceptors (Lipinski definition) is 5. The zero-order chi connectivity index (χ0) is 19.4. The van der Waals surface area contributed by atoms with Crippen LogP contribution in [-0.2, 0) is 15.2 Å². The number of benzene rings is 2. The van der Waals surface area contributed by atoms with Crippen LogP contribution in [0.1, 0.15) is 12.7 Å². The highest BCUT2D eigenvalue weighted by Gasteiger charge is 2.29. The Morgan fingerprint density at radius 3 is 2.48 bits per heavy atom. The molecule has 140 valence electrons. The maximum absolute atomic E-state index is 12.0. The molecule has 7 nitrogen and oxygen atoms in total. The number of carbonyl (C=O) groups is 2. The molecule has 1 unspecified atom stereocenters. The van der Waals surface area contributed by atoms with E-state index in [0.29, 0.717) is 22.8 Å². The summed E-state index contributed by atoms with van der Waals surface area (Å²) in [6.07, 6.45) is 0. The van der Waals surface area contributed by atoms with E-state index in [0.717, 1.165) is 5.39 Å². The average molecular weight is 368 g/mol. The minimum atomic E-state index is -1.46. The van der Waals surface area contributed by atoms with Gasteiger partial charge in [-0.15, -0.1) is 0 Å². The molecule has 0 saturated carbocycles. The van der Waals surface area contributed by atoms with Gasteiger partial charge in [0.1, 0.15) is 22.7 Å². The third-order valence-electron chi connectivity index (χ3n) is 4.10. The van der Waals surface area contributed by atoms with E-state index >= 15 is 0 Å². The molecule has 0 bridgehead atoms. The molecule has 1 atom stereocenters. The molecule has 0 aliphatic heterocycles. The number of anilines is 1. The van der Waals surface area contributed by atoms with Gasteiger partial charge in [-0.25, -0.2) is 0 Å². The molecule has 0 saturated heterocycles. The number of para-hydroxylation sites is 1. The van der Waals surface area contributed by atoms with Crippen molar-refractivity contribution in [2.45, 2.75) is 12.5 Å². The van der Waals surface area contributed by atoms with E-state index in [1.54, 1.807) is 36.4 Å². The zero-order valence-corrected chi connectivity index (χ0v) is 15.0. The zero-order valence-electron chi connectivity index (χ0n) is 15.0. The van der Waals surface area contributed by atoms with Crippen molar-refractivity contribution in [3.63, 3.8) is 0 Å². The van der Waals surface area contributed by atoms with Crippen LogP contribution in [0.5, 0.6) is 5.75 Å². The molecule has 0 spiro atoms. The topological polar surface area (TPSA) is 101 Å². The second-order valence-corrected chi connectivity index (χ2v) is 6.29. The van der Waals surface area contributed by atoms with Crippen LogP contribution in [0.3, 0.4) is 0 Å². The minimum Gasteiger partial charge on any atom is -0.497 e. The smallest absolute Gasteiger partial charge is 0.313 e. The Hall–Kier alpha value is -3.32. The third kappa shape index (κ3) is 4.27. The van der Waals surface area contributed by atoms with E-state index in [-0.39, 0.29) is 6.54 Å². The van der Waals surface area contributed by atoms with Crippen LogP contribution in [-0.4, -0.2) is 30.6 Å². The SMILES string of the molecule is COc1ccc(NC(=O)C(=O)NCC(C)(O)c2cc3ccccc3o2)cc1. The van der Waals surface area contributed by atoms with E-state index < -0.39 is 17.4 Å². The fourth-order valence-electron chi connectivity index (χ4n) is 2.53. The normalized spacial score (nSPS) is 13.0. The molecule has 0 aliphatic carbocycles. The number of rotatable bonds is 5. The summed E-state index contributed by atoms with van der Waals surface area (Å²) in [5.41, 5.74) is -0.369. The number of nitrogens with one attached hydrogen (secondary N) is 2. The summed E-state index contributed by atoms with van der Waals surface area (Å²) in [5.74, 6) is -0.748. The first-order chi connectivity index (χ1) is 12.9. The van der Waals surface area contributed by atoms with Crippen molar-refractivity contribution in [2.24, 2.45) is 0 Å². The maximum Gasteiger partial charge on any atom is 0.313 e. The van der Waals surface area contributed by atoms with Gasteiger partial charge >= 0.3 is 11.8 Å². The number of methoxy groups -OCH3 is 1. The Bertz CT molecular complexity index is 927. The summed E-state index contributed by atoms with van der Waals surface area (Å²) in [4.78, 5) is 24.0. The lowest BCUT2D eigenvalue weighted by Gasteiger charge is -2.20. The Balaban J connectivity index is 1.60. The molecule has 0 aliphatic rings. The summed E-state index contributed by atoms with van der Waals surface area (Å²) in [6.45, 7) is 1.33. The van der Waals surface area contributed by atoms with Crippen LogP contribution < -0.4 is 15.4 Å². The number of hydrogen-bond donors (Lipinski definition) is 3. The lowest BCUT2D eigenvalue weighted by Crippen LogP contribution is -2.43. The van der Waals surface area contributed by atoms with Crippen molar-refractivity contribution >= 4 is 28.5 Å². The van der Waals surface area contributed by atoms with E-state index in [1.165, 1.54) is 14.0 Å². The van der Waals surface area contributed by atoms with Crippen molar-refractivity contribution in [1.29, 1.82) is 0 Å². The van der Waals surface area contributed by atoms with E-state index in [2.05, 4.69) is 10.6 Å². The van der Waals surface area contributed by atoms with E-state index in [9.17, 15) is 14.7 Å². The number of carbonyl (C=O) groups excluding carboxylic acids is 2. The first-order valence-electron chi connectivity index (χ1n) is 8.34. The van der Waals surface area contributed by atoms with E-state index in [1.807, 2.05) is 18.2 Å². The van der Waals surface area contributed by atoms with Gasteiger partial charge in [0.25, 0.3) is 0 Å². The van der Waals surface area contributed by atoms with Gasteiger partial charge in [-0.1, -0.05) is 18.2 Å². The largest absolute Gasteiger partial charge is 0.497 e. The Morgan fingerprint density at radius 2 is 1.81 bits per heavy atom. The molecule has 3 rings (SSSR count). The predicted molar refractivity (Wildman–Crippen MR) is 100 cm³/mol. The number of aliphatic hydroxyl groups is 1. The van der Waals surface area contributed by atoms with Crippen molar-refractivity contribution < 1.29 is 23.8 Å². The standard InChI is InChI=1S/C20H20N2O5/c1-20(25,17-11-13-5-3-4-6-16(13)27-17)12-21-18(23)19(24)22-14-7-9-15(26-2)10-8-14/h3-11,25H,12H2,1-2H3,(H,21,23)(H,22,24). The third-order valence-corrected chi connectivity index (χ3v) is 4.10. The summed E-state index contributed by atoms with van der Waals surface area (Å²) in [6, 6.07) is 15.6. The molecular formula is C20H20N2O5. The van der Waals surface area contributed by atoms with E-state index in [4.69, 9.17) is 9.15 Å². The molecule has 0 radical (unpaired) electrons. The summed E-state index contributed by atoms with van der Waals surface area (Å²) >= 11 is 0. The van der Waals surface area contributed by atoms with Gasteiger partial charge in [0.15, 0.2) is 0 Å². The van der Waals surface area contributed by atoms with Gasteiger partial charge in [-0.2, -0.15) is 0 Å². The van der Waals surface area contributed by atoms with Gasteiger partial charge in [0, 0.05) is 11.1 Å². The van der Waals surface area contributed by atoms with Gasteiger partial charge < -0.3 is 24.9 Å². The van der Waals surface area contributed by atoms with Crippen molar-refractivity contribution in [3.8, 4) is 5.75 Å².